The van der Waals surface area contributed by atoms with Gasteiger partial charge in [-0.05, 0) is 0 Å². The lowest BCUT2D eigenvalue weighted by Gasteiger charge is -2.47. The first kappa shape index (κ1) is 30.4. The standard InChI is InChI=1S/C20H35NO16/c1-5(24)21-9-12(27)17(37-20-16(31)14(29)11(26)7(3-23)36-20)8(34-18(9)32)4-33-19-15(30)13(28)10(25)6(2-22)35-19/h6-20,22-23,25-32H,2-4H2,1H3,(H,21,24)/t6-,7-,8-,9+,10+,11+,12-,13+,14+,15-,16-,17-,18+,19-,20+/m1/s1. The number of hydrogen-bond donors (Lipinski definition) is 11. The fourth-order valence-electron chi connectivity index (χ4n) is 4.36. The van der Waals surface area contributed by atoms with E-state index in [-0.39, 0.29) is 0 Å². The predicted octanol–water partition coefficient (Wildman–Crippen LogP) is -7.43. The van der Waals surface area contributed by atoms with E-state index in [1.807, 2.05) is 0 Å². The molecule has 17 nitrogen and oxygen atoms in total. The van der Waals surface area contributed by atoms with Crippen molar-refractivity contribution < 1.29 is 79.5 Å². The molecule has 3 heterocycles. The number of carbonyl (C=O) groups excluding carboxylic acids is 1. The van der Waals surface area contributed by atoms with E-state index in [0.29, 0.717) is 0 Å². The lowest BCUT2D eigenvalue weighted by Crippen LogP contribution is -2.67. The highest BCUT2D eigenvalue weighted by Gasteiger charge is 2.52. The van der Waals surface area contributed by atoms with Gasteiger partial charge < -0.3 is 80.1 Å². The van der Waals surface area contributed by atoms with Crippen molar-refractivity contribution in [1.29, 1.82) is 0 Å². The first-order valence-electron chi connectivity index (χ1n) is 11.6. The summed E-state index contributed by atoms with van der Waals surface area (Å²) in [6.45, 7) is -0.984. The normalized spacial score (nSPS) is 49.0. The van der Waals surface area contributed by atoms with Gasteiger partial charge in [-0.2, -0.15) is 0 Å². The van der Waals surface area contributed by atoms with Crippen molar-refractivity contribution in [2.24, 2.45) is 0 Å². The van der Waals surface area contributed by atoms with Gasteiger partial charge in [0.25, 0.3) is 0 Å². The first-order chi connectivity index (χ1) is 17.4. The van der Waals surface area contributed by atoms with Crippen molar-refractivity contribution in [3.8, 4) is 0 Å². The monoisotopic (exact) mass is 545 g/mol. The average molecular weight is 545 g/mol. The molecule has 0 aliphatic carbocycles. The van der Waals surface area contributed by atoms with Gasteiger partial charge in [-0.3, -0.25) is 4.79 Å². The van der Waals surface area contributed by atoms with Crippen LogP contribution in [0.4, 0.5) is 0 Å². The Labute approximate surface area is 210 Å². The van der Waals surface area contributed by atoms with Crippen molar-refractivity contribution in [3.05, 3.63) is 0 Å². The molecule has 3 rings (SSSR count). The van der Waals surface area contributed by atoms with Gasteiger partial charge in [0, 0.05) is 6.92 Å². The Morgan fingerprint density at radius 3 is 1.73 bits per heavy atom. The van der Waals surface area contributed by atoms with Gasteiger partial charge >= 0.3 is 0 Å². The van der Waals surface area contributed by atoms with E-state index in [0.717, 1.165) is 6.92 Å². The van der Waals surface area contributed by atoms with E-state index in [4.69, 9.17) is 23.7 Å². The van der Waals surface area contributed by atoms with Crippen LogP contribution in [0.5, 0.6) is 0 Å². The molecule has 0 unspecified atom stereocenters. The topological polar surface area (TPSA) is 278 Å². The maximum atomic E-state index is 11.6. The molecule has 3 aliphatic heterocycles. The third-order valence-electron chi connectivity index (χ3n) is 6.48. The van der Waals surface area contributed by atoms with E-state index in [1.165, 1.54) is 0 Å². The van der Waals surface area contributed by atoms with Crippen LogP contribution in [-0.4, -0.2) is 169 Å². The van der Waals surface area contributed by atoms with E-state index in [2.05, 4.69) is 5.32 Å². The van der Waals surface area contributed by atoms with Crippen molar-refractivity contribution in [1.82, 2.24) is 5.32 Å². The molecule has 0 bridgehead atoms. The second-order valence-electron chi connectivity index (χ2n) is 9.11. The minimum Gasteiger partial charge on any atom is -0.394 e. The summed E-state index contributed by atoms with van der Waals surface area (Å²) in [6.07, 6.45) is -23.0. The second kappa shape index (κ2) is 12.8. The minimum atomic E-state index is -1.86. The molecule has 17 heteroatoms. The van der Waals surface area contributed by atoms with Gasteiger partial charge in [0.05, 0.1) is 19.8 Å². The van der Waals surface area contributed by atoms with Crippen LogP contribution in [0.3, 0.4) is 0 Å². The number of amides is 1. The molecule has 0 saturated carbocycles. The molecule has 3 fully saturated rings. The van der Waals surface area contributed by atoms with Crippen molar-refractivity contribution in [2.75, 3.05) is 19.8 Å². The van der Waals surface area contributed by atoms with Gasteiger partial charge in [-0.25, -0.2) is 0 Å². The summed E-state index contributed by atoms with van der Waals surface area (Å²) in [7, 11) is 0. The lowest BCUT2D eigenvalue weighted by atomic mass is 9.95. The van der Waals surface area contributed by atoms with Crippen LogP contribution in [0.15, 0.2) is 0 Å². The largest absolute Gasteiger partial charge is 0.394 e. The van der Waals surface area contributed by atoms with E-state index in [1.54, 1.807) is 0 Å². The average Bonchev–Trinajstić information content (AvgIpc) is 2.86. The molecule has 0 aromatic heterocycles. The van der Waals surface area contributed by atoms with Gasteiger partial charge in [-0.15, -0.1) is 0 Å². The third kappa shape index (κ3) is 6.55. The van der Waals surface area contributed by atoms with Gasteiger partial charge in [-0.1, -0.05) is 0 Å². The minimum absolute atomic E-state index is 0.619. The van der Waals surface area contributed by atoms with Crippen molar-refractivity contribution in [2.45, 2.75) is 99.0 Å². The fourth-order valence-corrected chi connectivity index (χ4v) is 4.36. The summed E-state index contributed by atoms with van der Waals surface area (Å²) < 4.78 is 27.0. The lowest BCUT2D eigenvalue weighted by molar-refractivity contribution is -0.353. The molecule has 37 heavy (non-hydrogen) atoms. The van der Waals surface area contributed by atoms with Crippen molar-refractivity contribution in [3.63, 3.8) is 0 Å². The zero-order chi connectivity index (χ0) is 27.6. The summed E-state index contributed by atoms with van der Waals surface area (Å²) in [6, 6.07) is -1.43. The second-order valence-corrected chi connectivity index (χ2v) is 9.11. The zero-order valence-corrected chi connectivity index (χ0v) is 19.7. The molecule has 0 radical (unpaired) electrons. The molecule has 11 N–H and O–H groups in total. The van der Waals surface area contributed by atoms with E-state index >= 15 is 0 Å². The number of nitrogens with one attached hydrogen (secondary N) is 1. The Morgan fingerprint density at radius 2 is 1.22 bits per heavy atom. The van der Waals surface area contributed by atoms with Gasteiger partial charge in [0.2, 0.25) is 5.91 Å². The Kier molecular flexibility index (Phi) is 10.5. The number of aliphatic hydroxyl groups is 10. The van der Waals surface area contributed by atoms with Gasteiger partial charge in [0.15, 0.2) is 18.9 Å². The summed E-state index contributed by atoms with van der Waals surface area (Å²) in [4.78, 5) is 11.6. The molecule has 3 saturated heterocycles. The maximum absolute atomic E-state index is 11.6. The zero-order valence-electron chi connectivity index (χ0n) is 19.7. The molecule has 0 aromatic rings. The molecular formula is C20H35NO16. The SMILES string of the molecule is CC(=O)N[C@H]1[C@@H](O)[C@H](O[C@@H]2O[C@H](CO)[C@H](O)[C@H](O)[C@H]2O)[C@@H](CO[C@@H]2O[C@H](CO)[C@H](O)[C@H](O)[C@H]2O)O[C@@H]1O. The summed E-state index contributed by atoms with van der Waals surface area (Å²) >= 11 is 0. The van der Waals surface area contributed by atoms with Crippen molar-refractivity contribution >= 4 is 5.91 Å². The number of hydrogen-bond acceptors (Lipinski definition) is 16. The summed E-state index contributed by atoms with van der Waals surface area (Å²) in [5.41, 5.74) is 0. The highest BCUT2D eigenvalue weighted by Crippen LogP contribution is 2.30. The predicted molar refractivity (Wildman–Crippen MR) is 113 cm³/mol. The van der Waals surface area contributed by atoms with Crippen LogP contribution in [0.2, 0.25) is 0 Å². The Bertz CT molecular complexity index is 743. The Hall–Kier alpha value is -1.13. The molecule has 0 aromatic carbocycles. The Morgan fingerprint density at radius 1 is 0.703 bits per heavy atom. The number of rotatable bonds is 8. The quantitative estimate of drug-likeness (QED) is 0.135. The van der Waals surface area contributed by atoms with Crippen LogP contribution in [0.1, 0.15) is 6.92 Å². The maximum Gasteiger partial charge on any atom is 0.217 e. The van der Waals surface area contributed by atoms with E-state index in [9.17, 15) is 55.9 Å². The van der Waals surface area contributed by atoms with Crippen LogP contribution >= 0.6 is 0 Å². The van der Waals surface area contributed by atoms with Gasteiger partial charge in [0.1, 0.15) is 73.2 Å². The highest BCUT2D eigenvalue weighted by atomic mass is 16.7. The highest BCUT2D eigenvalue weighted by molar-refractivity contribution is 5.73. The number of carbonyl (C=O) groups is 1. The molecule has 3 aliphatic rings. The first-order valence-corrected chi connectivity index (χ1v) is 11.6. The number of aliphatic hydroxyl groups excluding tert-OH is 10. The fraction of sp³-hybridized carbons (Fsp3) is 0.950. The molecule has 0 spiro atoms. The molecule has 15 atom stereocenters. The van der Waals surface area contributed by atoms with Crippen LogP contribution in [0, 0.1) is 0 Å². The smallest absolute Gasteiger partial charge is 0.217 e. The summed E-state index contributed by atoms with van der Waals surface area (Å²) in [5, 5.41) is 103. The van der Waals surface area contributed by atoms with Crippen LogP contribution in [0.25, 0.3) is 0 Å². The summed E-state index contributed by atoms with van der Waals surface area (Å²) in [5.74, 6) is -0.644. The van der Waals surface area contributed by atoms with E-state index < -0.39 is 118 Å². The molecular weight excluding hydrogens is 510 g/mol. The van der Waals surface area contributed by atoms with Crippen LogP contribution in [-0.2, 0) is 28.5 Å². The third-order valence-corrected chi connectivity index (χ3v) is 6.48. The van der Waals surface area contributed by atoms with Crippen LogP contribution < -0.4 is 5.32 Å². The number of ether oxygens (including phenoxy) is 5. The Balaban J connectivity index is 1.78. The molecule has 1 amide bonds. The molecule has 216 valence electrons.